The van der Waals surface area contributed by atoms with Crippen molar-refractivity contribution in [2.24, 2.45) is 4.99 Å². The molecular formula is C25H31ClN4O5S3. The van der Waals surface area contributed by atoms with E-state index in [2.05, 4.69) is 4.98 Å². The molecule has 1 amide bonds. The van der Waals surface area contributed by atoms with Crippen LogP contribution in [0.4, 0.5) is 10.5 Å². The first-order valence-corrected chi connectivity index (χ1v) is 15.3. The smallest absolute Gasteiger partial charge is 0.409 e. The summed E-state index contributed by atoms with van der Waals surface area (Å²) in [6.07, 6.45) is 0.414. The summed E-state index contributed by atoms with van der Waals surface area (Å²) < 4.78 is 39.0. The number of carbonyl (C=O) groups excluding carboxylic acids is 1. The highest BCUT2D eigenvalue weighted by Gasteiger charge is 2.28. The number of aliphatic imine (C=N–C) groups is 1. The van der Waals surface area contributed by atoms with Crippen molar-refractivity contribution in [1.82, 2.24) is 9.88 Å². The lowest BCUT2D eigenvalue weighted by molar-refractivity contribution is -0.0638. The van der Waals surface area contributed by atoms with Gasteiger partial charge >= 0.3 is 6.09 Å². The molecule has 2 aromatic heterocycles. The molecule has 1 saturated heterocycles. The topological polar surface area (TPSA) is 104 Å². The van der Waals surface area contributed by atoms with Crippen molar-refractivity contribution in [3.63, 3.8) is 0 Å². The molecule has 0 radical (unpaired) electrons. The zero-order valence-corrected chi connectivity index (χ0v) is 24.6. The maximum atomic E-state index is 13.1. The first-order valence-electron chi connectivity index (χ1n) is 12.1. The molecule has 3 atom stereocenters. The number of morpholine rings is 1. The largest absolute Gasteiger partial charge is 0.449 e. The van der Waals surface area contributed by atoms with Gasteiger partial charge in [-0.3, -0.25) is 9.30 Å². The second-order valence-corrected chi connectivity index (χ2v) is 13.7. The number of thioether (sulfide) groups is 1. The molecule has 2 aliphatic rings. The van der Waals surface area contributed by atoms with Gasteiger partial charge in [-0.25, -0.2) is 13.2 Å². The molecule has 3 aromatic rings. The number of amides is 1. The lowest BCUT2D eigenvalue weighted by atomic mass is 10.2. The van der Waals surface area contributed by atoms with Crippen LogP contribution in [-0.4, -0.2) is 80.2 Å². The van der Waals surface area contributed by atoms with Crippen LogP contribution in [0.3, 0.4) is 0 Å². The van der Waals surface area contributed by atoms with Gasteiger partial charge in [-0.2, -0.15) is 0 Å². The number of anilines is 1. The van der Waals surface area contributed by atoms with Crippen LogP contribution in [0, 0.1) is 0 Å². The third-order valence-corrected chi connectivity index (χ3v) is 10.8. The van der Waals surface area contributed by atoms with Crippen molar-refractivity contribution in [1.29, 1.82) is 0 Å². The van der Waals surface area contributed by atoms with Crippen LogP contribution in [-0.2, 0) is 19.5 Å². The van der Waals surface area contributed by atoms with E-state index in [0.29, 0.717) is 42.6 Å². The Morgan fingerprint density at radius 1 is 1.24 bits per heavy atom. The van der Waals surface area contributed by atoms with Crippen molar-refractivity contribution in [2.45, 2.75) is 41.9 Å². The number of nitrogens with one attached hydrogen (secondary N) is 1. The number of hydrogen-bond donors (Lipinski definition) is 1. The molecule has 1 aromatic carbocycles. The molecule has 38 heavy (non-hydrogen) atoms. The molecule has 1 fully saturated rings. The van der Waals surface area contributed by atoms with E-state index in [1.165, 1.54) is 15.6 Å². The van der Waals surface area contributed by atoms with Crippen LogP contribution < -0.4 is 4.31 Å². The van der Waals surface area contributed by atoms with Gasteiger partial charge in [0.25, 0.3) is 10.0 Å². The van der Waals surface area contributed by atoms with Gasteiger partial charge in [-0.15, -0.1) is 23.7 Å². The summed E-state index contributed by atoms with van der Waals surface area (Å²) in [7, 11) is -2.07. The van der Waals surface area contributed by atoms with Gasteiger partial charge < -0.3 is 19.4 Å². The van der Waals surface area contributed by atoms with Crippen molar-refractivity contribution in [2.75, 3.05) is 37.6 Å². The third kappa shape index (κ3) is 5.99. The Morgan fingerprint density at radius 2 is 2.00 bits per heavy atom. The summed E-state index contributed by atoms with van der Waals surface area (Å²) in [5.41, 5.74) is 2.18. The van der Waals surface area contributed by atoms with E-state index in [1.54, 1.807) is 47.3 Å². The molecule has 1 N–H and O–H groups in total. The van der Waals surface area contributed by atoms with E-state index in [9.17, 15) is 13.2 Å². The molecule has 13 heteroatoms. The normalized spacial score (nSPS) is 21.7. The van der Waals surface area contributed by atoms with Crippen LogP contribution in [0.15, 0.2) is 51.0 Å². The molecule has 0 bridgehead atoms. The van der Waals surface area contributed by atoms with Gasteiger partial charge in [0.2, 0.25) is 0 Å². The molecule has 5 rings (SSSR count). The molecule has 2 aliphatic heterocycles. The maximum absolute atomic E-state index is 13.1. The molecular weight excluding hydrogens is 568 g/mol. The fourth-order valence-electron chi connectivity index (χ4n) is 4.60. The summed E-state index contributed by atoms with van der Waals surface area (Å²) in [4.78, 5) is 22.2. The van der Waals surface area contributed by atoms with Crippen molar-refractivity contribution < 1.29 is 22.7 Å². The summed E-state index contributed by atoms with van der Waals surface area (Å²) in [6, 6.07) is 10.9. The van der Waals surface area contributed by atoms with Gasteiger partial charge in [-0.1, -0.05) is 30.0 Å². The van der Waals surface area contributed by atoms with Crippen molar-refractivity contribution >= 4 is 73.3 Å². The lowest BCUT2D eigenvalue weighted by Gasteiger charge is -2.34. The van der Waals surface area contributed by atoms with Gasteiger partial charge in [0.15, 0.2) is 0 Å². The number of para-hydroxylation sites is 1. The van der Waals surface area contributed by atoms with Crippen molar-refractivity contribution in [3.05, 3.63) is 47.5 Å². The number of H-pyrrole nitrogens is 1. The predicted molar refractivity (Wildman–Crippen MR) is 156 cm³/mol. The van der Waals surface area contributed by atoms with Crippen molar-refractivity contribution in [3.8, 4) is 0 Å². The molecule has 0 spiro atoms. The van der Waals surface area contributed by atoms with Crippen LogP contribution in [0.2, 0.25) is 0 Å². The third-order valence-electron chi connectivity index (χ3n) is 6.37. The zero-order valence-electron chi connectivity index (χ0n) is 21.3. The highest BCUT2D eigenvalue weighted by atomic mass is 35.5. The molecule has 0 aliphatic carbocycles. The van der Waals surface area contributed by atoms with E-state index < -0.39 is 10.0 Å². The Bertz CT molecular complexity index is 1400. The maximum Gasteiger partial charge on any atom is 0.409 e. The number of ether oxygens (including phenoxy) is 2. The van der Waals surface area contributed by atoms with Gasteiger partial charge in [0, 0.05) is 17.7 Å². The van der Waals surface area contributed by atoms with E-state index in [4.69, 9.17) is 14.5 Å². The quantitative estimate of drug-likeness (QED) is 0.412. The Hall–Kier alpha value is -2.25. The van der Waals surface area contributed by atoms with Gasteiger partial charge in [0.1, 0.15) is 9.25 Å². The number of aromatic amines is 1. The second kappa shape index (κ2) is 11.9. The lowest BCUT2D eigenvalue weighted by Crippen LogP contribution is -2.48. The number of benzene rings is 1. The molecule has 0 saturated carbocycles. The average Bonchev–Trinajstić information content (AvgIpc) is 3.63. The fourth-order valence-corrected chi connectivity index (χ4v) is 8.04. The number of nitrogens with zero attached hydrogens (tertiary/aromatic N) is 3. The molecule has 206 valence electrons. The summed E-state index contributed by atoms with van der Waals surface area (Å²) in [5, 5.41) is 3.75. The Morgan fingerprint density at radius 3 is 2.71 bits per heavy atom. The first kappa shape index (κ1) is 28.8. The molecule has 4 heterocycles. The number of carbonyl (C=O) groups is 1. The second-order valence-electron chi connectivity index (χ2n) is 9.28. The Balaban J connectivity index is 0.00000336. The standard InChI is InChI=1S/C25H30N4O5S3.ClH/c1-16-14-29(15-17(2)34-16)25(30)33-10-9-19-13-26-24(36-19)20-12-18-6-4-7-21(23(18)27-20)28(3)37(31,32)22-8-5-11-35-22;/h4-8,11-12,16-17,19,27H,9-10,13-15H2,1-3H3;1H/t16-,17+,19?;. The van der Waals surface area contributed by atoms with E-state index >= 15 is 0 Å². The number of aromatic nitrogens is 1. The minimum Gasteiger partial charge on any atom is -0.449 e. The SMILES string of the molecule is C[C@@H]1CN(C(=O)OCCC2CN=C(c3cc4cccc(N(C)S(=O)(=O)c5cccs5)c4[nH]3)S2)C[C@H](C)O1.Cl. The number of hydrogen-bond acceptors (Lipinski definition) is 8. The monoisotopic (exact) mass is 598 g/mol. The summed E-state index contributed by atoms with van der Waals surface area (Å²) >= 11 is 2.85. The first-order chi connectivity index (χ1) is 17.7. The summed E-state index contributed by atoms with van der Waals surface area (Å²) in [6.45, 7) is 5.97. The number of fused-ring (bicyclic) bond motifs is 1. The number of thiophene rings is 1. The fraction of sp³-hybridized carbons (Fsp3) is 0.440. The minimum atomic E-state index is -3.65. The van der Waals surface area contributed by atoms with Gasteiger partial charge in [-0.05, 0) is 43.8 Å². The Kier molecular flexibility index (Phi) is 8.98. The van der Waals surface area contributed by atoms with E-state index in [-0.39, 0.29) is 36.0 Å². The van der Waals surface area contributed by atoms with Crippen LogP contribution >= 0.6 is 35.5 Å². The van der Waals surface area contributed by atoms with E-state index in [0.717, 1.165) is 21.6 Å². The predicted octanol–water partition coefficient (Wildman–Crippen LogP) is 4.97. The van der Waals surface area contributed by atoms with Crippen LogP contribution in [0.1, 0.15) is 26.0 Å². The van der Waals surface area contributed by atoms with Crippen LogP contribution in [0.5, 0.6) is 0 Å². The number of halogens is 1. The molecule has 9 nitrogen and oxygen atoms in total. The molecule has 1 unspecified atom stereocenters. The highest BCUT2D eigenvalue weighted by Crippen LogP contribution is 2.34. The summed E-state index contributed by atoms with van der Waals surface area (Å²) in [5.74, 6) is 0. The Labute approximate surface area is 237 Å². The number of rotatable bonds is 7. The highest BCUT2D eigenvalue weighted by molar-refractivity contribution is 8.15. The van der Waals surface area contributed by atoms with E-state index in [1.807, 2.05) is 32.0 Å². The average molecular weight is 599 g/mol. The number of sulfonamides is 1. The zero-order chi connectivity index (χ0) is 26.2. The van der Waals surface area contributed by atoms with Crippen LogP contribution in [0.25, 0.3) is 10.9 Å². The van der Waals surface area contributed by atoms with Gasteiger partial charge in [0.05, 0.1) is 55.3 Å². The minimum absolute atomic E-state index is 0.